The van der Waals surface area contributed by atoms with Crippen molar-refractivity contribution in [2.45, 2.75) is 87.6 Å². The number of fused-ring (bicyclic) bond motifs is 2. The molecule has 2 bridgehead atoms. The molecule has 7 rings (SSSR count). The van der Waals surface area contributed by atoms with E-state index in [9.17, 15) is 13.2 Å². The van der Waals surface area contributed by atoms with Gasteiger partial charge < -0.3 is 4.74 Å². The molecule has 2 unspecified atom stereocenters. The number of pyridine rings is 1. The molecule has 2 saturated carbocycles. The molecule has 3 fully saturated rings. The highest BCUT2D eigenvalue weighted by molar-refractivity contribution is 5.82. The number of nitrogens with zero attached hydrogens (tertiary/aromatic N) is 2. The second kappa shape index (κ2) is 7.92. The Morgan fingerprint density at radius 3 is 2.81 bits per heavy atom. The maximum absolute atomic E-state index is 13.2. The van der Waals surface area contributed by atoms with Crippen LogP contribution in [0.2, 0.25) is 0 Å². The molecule has 196 valence electrons. The van der Waals surface area contributed by atoms with Gasteiger partial charge in [0.15, 0.2) is 0 Å². The molecule has 2 aliphatic heterocycles. The van der Waals surface area contributed by atoms with Gasteiger partial charge in [-0.2, -0.15) is 13.2 Å². The van der Waals surface area contributed by atoms with Crippen LogP contribution in [0.25, 0.3) is 10.8 Å². The first-order valence-electron chi connectivity index (χ1n) is 13.8. The average Bonchev–Trinajstić information content (AvgIpc) is 3.37. The number of ether oxygens (including phenoxy) is 1. The van der Waals surface area contributed by atoms with Crippen molar-refractivity contribution in [3.05, 3.63) is 65.5 Å². The van der Waals surface area contributed by atoms with Crippen molar-refractivity contribution in [2.75, 3.05) is 13.6 Å². The second-order valence-electron chi connectivity index (χ2n) is 12.6. The van der Waals surface area contributed by atoms with Crippen LogP contribution < -0.4 is 0 Å². The Balaban J connectivity index is 1.21. The first-order chi connectivity index (χ1) is 17.6. The number of hydrogen-bond donors (Lipinski definition) is 0. The highest BCUT2D eigenvalue weighted by Gasteiger charge is 2.66. The normalized spacial score (nSPS) is 38.7. The molecule has 1 aromatic heterocycles. The first-order valence-corrected chi connectivity index (χ1v) is 13.8. The molecule has 6 atom stereocenters. The van der Waals surface area contributed by atoms with Gasteiger partial charge in [-0.3, -0.25) is 9.88 Å². The van der Waals surface area contributed by atoms with Crippen LogP contribution in [-0.4, -0.2) is 46.9 Å². The Hall–Kier alpha value is -2.18. The van der Waals surface area contributed by atoms with Gasteiger partial charge in [0.05, 0.1) is 17.7 Å². The van der Waals surface area contributed by atoms with E-state index in [1.165, 1.54) is 32.4 Å². The smallest absolute Gasteiger partial charge is 0.359 e. The molecular weight excluding hydrogens is 473 g/mol. The predicted octanol–water partition coefficient (Wildman–Crippen LogP) is 7.34. The topological polar surface area (TPSA) is 25.4 Å². The summed E-state index contributed by atoms with van der Waals surface area (Å²) in [6, 6.07) is 8.82. The highest BCUT2D eigenvalue weighted by Crippen LogP contribution is 2.69. The number of hydrogen-bond acceptors (Lipinski definition) is 3. The van der Waals surface area contributed by atoms with Crippen LogP contribution in [0.3, 0.4) is 0 Å². The summed E-state index contributed by atoms with van der Waals surface area (Å²) >= 11 is 0. The van der Waals surface area contributed by atoms with E-state index in [-0.39, 0.29) is 17.1 Å². The summed E-state index contributed by atoms with van der Waals surface area (Å²) in [5.74, 6) is 0.872. The van der Waals surface area contributed by atoms with Crippen LogP contribution in [0.4, 0.5) is 13.2 Å². The largest absolute Gasteiger partial charge is 0.401 e. The number of aromatic nitrogens is 1. The van der Waals surface area contributed by atoms with Crippen molar-refractivity contribution < 1.29 is 17.9 Å². The van der Waals surface area contributed by atoms with Crippen molar-refractivity contribution in [1.82, 2.24) is 9.88 Å². The monoisotopic (exact) mass is 508 g/mol. The van der Waals surface area contributed by atoms with E-state index in [2.05, 4.69) is 48.3 Å². The summed E-state index contributed by atoms with van der Waals surface area (Å²) in [4.78, 5) is 5.85. The molecule has 3 heterocycles. The molecular formula is C31H35F3N2O. The SMILES string of the molecule is CN(CC(F)(F)F)[C@@H]1CCC2=CC3=CC[C@@]4(C)C(CC[C@@H]4c4ccc5ccncc5c4)C34CC[C@]2(C1)O4. The minimum Gasteiger partial charge on any atom is -0.359 e. The molecule has 1 saturated heterocycles. The van der Waals surface area contributed by atoms with Crippen molar-refractivity contribution in [3.63, 3.8) is 0 Å². The van der Waals surface area contributed by atoms with Crippen LogP contribution in [-0.2, 0) is 4.74 Å². The van der Waals surface area contributed by atoms with Gasteiger partial charge in [0.1, 0.15) is 0 Å². The molecule has 6 heteroatoms. The van der Waals surface area contributed by atoms with Gasteiger partial charge in [0.25, 0.3) is 0 Å². The Morgan fingerprint density at radius 1 is 1.11 bits per heavy atom. The summed E-state index contributed by atoms with van der Waals surface area (Å²) in [6.45, 7) is 1.60. The fraction of sp³-hybridized carbons (Fsp3) is 0.581. The van der Waals surface area contributed by atoms with Gasteiger partial charge >= 0.3 is 6.18 Å². The van der Waals surface area contributed by atoms with E-state index in [0.717, 1.165) is 44.9 Å². The molecule has 1 aromatic carbocycles. The number of halogens is 3. The molecule has 0 N–H and O–H groups in total. The molecule has 0 amide bonds. The number of benzene rings is 1. The zero-order valence-corrected chi connectivity index (χ0v) is 21.7. The van der Waals surface area contributed by atoms with E-state index in [0.29, 0.717) is 18.3 Å². The first kappa shape index (κ1) is 23.9. The number of alkyl halides is 3. The molecule has 5 aliphatic rings. The lowest BCUT2D eigenvalue weighted by atomic mass is 9.58. The van der Waals surface area contributed by atoms with Gasteiger partial charge in [-0.25, -0.2) is 0 Å². The van der Waals surface area contributed by atoms with Crippen LogP contribution in [0.1, 0.15) is 69.8 Å². The number of rotatable bonds is 3. The average molecular weight is 509 g/mol. The van der Waals surface area contributed by atoms with E-state index in [1.807, 2.05) is 12.4 Å². The minimum atomic E-state index is -4.17. The van der Waals surface area contributed by atoms with E-state index >= 15 is 0 Å². The standard InChI is InChI=1S/C31H35F3N2O/c1-28-11-9-24-16-23-5-6-25(36(2)19-31(32,33)34)17-29(23)12-13-30(24,37-29)27(28)8-7-26(28)21-4-3-20-10-14-35-18-22(20)15-21/h3-4,9-10,14-16,18,25-27H,5-8,11-13,17,19H2,1-2H3/t25-,26-,27?,28-,29-,30?/m1/s1. The lowest BCUT2D eigenvalue weighted by Gasteiger charge is -2.55. The summed E-state index contributed by atoms with van der Waals surface area (Å²) in [5, 5.41) is 2.41. The van der Waals surface area contributed by atoms with Crippen molar-refractivity contribution >= 4 is 10.8 Å². The van der Waals surface area contributed by atoms with Crippen LogP contribution in [0.5, 0.6) is 0 Å². The second-order valence-corrected chi connectivity index (χ2v) is 12.6. The lowest BCUT2D eigenvalue weighted by molar-refractivity contribution is -0.161. The fourth-order valence-electron chi connectivity index (χ4n) is 9.04. The Morgan fingerprint density at radius 2 is 1.97 bits per heavy atom. The number of allylic oxidation sites excluding steroid dienone is 1. The fourth-order valence-corrected chi connectivity index (χ4v) is 9.04. The maximum atomic E-state index is 13.2. The van der Waals surface area contributed by atoms with Crippen molar-refractivity contribution in [1.29, 1.82) is 0 Å². The van der Waals surface area contributed by atoms with Gasteiger partial charge in [-0.15, -0.1) is 0 Å². The zero-order chi connectivity index (χ0) is 25.6. The maximum Gasteiger partial charge on any atom is 0.401 e. The lowest BCUT2D eigenvalue weighted by Crippen LogP contribution is -2.55. The quantitative estimate of drug-likeness (QED) is 0.434. The summed E-state index contributed by atoms with van der Waals surface area (Å²) in [5.41, 5.74) is 3.47. The zero-order valence-electron chi connectivity index (χ0n) is 21.7. The highest BCUT2D eigenvalue weighted by atomic mass is 19.4. The van der Waals surface area contributed by atoms with Crippen molar-refractivity contribution in [2.24, 2.45) is 11.3 Å². The van der Waals surface area contributed by atoms with Gasteiger partial charge in [-0.1, -0.05) is 31.2 Å². The molecule has 3 aliphatic carbocycles. The molecule has 0 radical (unpaired) electrons. The van der Waals surface area contributed by atoms with Crippen LogP contribution >= 0.6 is 0 Å². The van der Waals surface area contributed by atoms with E-state index in [4.69, 9.17) is 4.74 Å². The van der Waals surface area contributed by atoms with Gasteiger partial charge in [0, 0.05) is 23.8 Å². The van der Waals surface area contributed by atoms with Crippen LogP contribution in [0.15, 0.2) is 60.0 Å². The van der Waals surface area contributed by atoms with E-state index in [1.54, 1.807) is 7.05 Å². The third-order valence-corrected chi connectivity index (χ3v) is 10.8. The Bertz CT molecular complexity index is 1320. The Kier molecular flexibility index (Phi) is 5.12. The van der Waals surface area contributed by atoms with Gasteiger partial charge in [-0.05, 0) is 110 Å². The van der Waals surface area contributed by atoms with Crippen molar-refractivity contribution in [3.8, 4) is 0 Å². The minimum absolute atomic E-state index is 0.0946. The summed E-state index contributed by atoms with van der Waals surface area (Å²) in [6.07, 6.45) is 12.0. The summed E-state index contributed by atoms with van der Waals surface area (Å²) in [7, 11) is 1.63. The predicted molar refractivity (Wildman–Crippen MR) is 138 cm³/mol. The molecule has 2 spiro atoms. The van der Waals surface area contributed by atoms with Crippen LogP contribution in [0, 0.1) is 11.3 Å². The Labute approximate surface area is 216 Å². The molecule has 37 heavy (non-hydrogen) atoms. The summed E-state index contributed by atoms with van der Waals surface area (Å²) < 4.78 is 46.7. The molecule has 2 aromatic rings. The molecule has 3 nitrogen and oxygen atoms in total. The van der Waals surface area contributed by atoms with E-state index < -0.39 is 18.3 Å². The third-order valence-electron chi connectivity index (χ3n) is 10.8. The van der Waals surface area contributed by atoms with Gasteiger partial charge in [0.2, 0.25) is 0 Å². The third kappa shape index (κ3) is 3.51.